The minimum Gasteiger partial charge on any atom is -0.490 e. The van der Waals surface area contributed by atoms with Crippen molar-refractivity contribution in [3.8, 4) is 11.5 Å². The molecule has 144 valence electrons. The number of amides is 2. The lowest BCUT2D eigenvalue weighted by molar-refractivity contribution is 0.167. The van der Waals surface area contributed by atoms with Gasteiger partial charge in [-0.2, -0.15) is 0 Å². The fraction of sp³-hybridized carbons (Fsp3) is 0.650. The maximum Gasteiger partial charge on any atom is 0.319 e. The number of ether oxygens (including phenoxy) is 2. The van der Waals surface area contributed by atoms with Gasteiger partial charge in [0.25, 0.3) is 0 Å². The molecule has 1 aromatic carbocycles. The molecule has 1 saturated carbocycles. The highest BCUT2D eigenvalue weighted by molar-refractivity contribution is 5.89. The molecule has 1 aliphatic heterocycles. The summed E-state index contributed by atoms with van der Waals surface area (Å²) in [6.45, 7) is 1.95. The maximum absolute atomic E-state index is 12.3. The fourth-order valence-electron chi connectivity index (χ4n) is 3.90. The van der Waals surface area contributed by atoms with Gasteiger partial charge in [0, 0.05) is 30.8 Å². The van der Waals surface area contributed by atoms with Gasteiger partial charge in [0.1, 0.15) is 0 Å². The summed E-state index contributed by atoms with van der Waals surface area (Å²) in [5.41, 5.74) is 0.714. The van der Waals surface area contributed by atoms with Crippen LogP contribution < -0.4 is 20.1 Å². The predicted octanol–water partition coefficient (Wildman–Crippen LogP) is 3.48. The van der Waals surface area contributed by atoms with Crippen LogP contribution in [0.2, 0.25) is 0 Å². The van der Waals surface area contributed by atoms with E-state index in [-0.39, 0.29) is 6.03 Å². The molecular weight excluding hydrogens is 330 g/mol. The molecule has 2 amide bonds. The second kappa shape index (κ2) is 9.12. The summed E-state index contributed by atoms with van der Waals surface area (Å²) in [5.74, 6) is 2.09. The number of hydrogen-bond donors (Lipinski definition) is 2. The van der Waals surface area contributed by atoms with E-state index in [1.807, 2.05) is 18.2 Å². The minimum absolute atomic E-state index is 0.179. The van der Waals surface area contributed by atoms with Crippen molar-refractivity contribution < 1.29 is 14.3 Å². The van der Waals surface area contributed by atoms with E-state index in [0.717, 1.165) is 12.2 Å². The number of carbonyl (C=O) groups excluding carboxylic acids is 1. The molecule has 1 unspecified atom stereocenters. The third kappa shape index (κ3) is 5.04. The van der Waals surface area contributed by atoms with Crippen LogP contribution in [0, 0.1) is 5.92 Å². The predicted molar refractivity (Wildman–Crippen MR) is 103 cm³/mol. The Morgan fingerprint density at radius 2 is 1.85 bits per heavy atom. The zero-order valence-electron chi connectivity index (χ0n) is 15.9. The summed E-state index contributed by atoms with van der Waals surface area (Å²) in [7, 11) is 4.20. The van der Waals surface area contributed by atoms with E-state index in [9.17, 15) is 4.79 Å². The number of hydrogen-bond acceptors (Lipinski definition) is 4. The van der Waals surface area contributed by atoms with Crippen molar-refractivity contribution in [1.82, 2.24) is 10.2 Å². The third-order valence-electron chi connectivity index (χ3n) is 5.33. The lowest BCUT2D eigenvalue weighted by Crippen LogP contribution is -2.46. The Hall–Kier alpha value is -1.95. The van der Waals surface area contributed by atoms with Gasteiger partial charge in [-0.1, -0.05) is 19.3 Å². The summed E-state index contributed by atoms with van der Waals surface area (Å²) in [4.78, 5) is 14.6. The Morgan fingerprint density at radius 3 is 2.58 bits per heavy atom. The van der Waals surface area contributed by atoms with Gasteiger partial charge in [-0.15, -0.1) is 0 Å². The van der Waals surface area contributed by atoms with E-state index >= 15 is 0 Å². The van der Waals surface area contributed by atoms with Crippen molar-refractivity contribution >= 4 is 11.7 Å². The smallest absolute Gasteiger partial charge is 0.319 e. The molecule has 1 heterocycles. The molecule has 1 aliphatic carbocycles. The molecule has 6 nitrogen and oxygen atoms in total. The molecule has 3 rings (SSSR count). The van der Waals surface area contributed by atoms with Gasteiger partial charge < -0.3 is 25.0 Å². The largest absolute Gasteiger partial charge is 0.490 e. The third-order valence-corrected chi connectivity index (χ3v) is 5.33. The second-order valence-electron chi connectivity index (χ2n) is 7.48. The van der Waals surface area contributed by atoms with E-state index in [0.29, 0.717) is 43.2 Å². The topological polar surface area (TPSA) is 62.8 Å². The number of anilines is 1. The minimum atomic E-state index is -0.179. The second-order valence-corrected chi connectivity index (χ2v) is 7.48. The molecule has 0 spiro atoms. The first-order valence-corrected chi connectivity index (χ1v) is 9.74. The number of nitrogens with zero attached hydrogens (tertiary/aromatic N) is 1. The lowest BCUT2D eigenvalue weighted by atomic mass is 9.83. The number of benzene rings is 1. The number of nitrogens with one attached hydrogen (secondary N) is 2. The zero-order valence-corrected chi connectivity index (χ0v) is 15.9. The molecule has 26 heavy (non-hydrogen) atoms. The summed E-state index contributed by atoms with van der Waals surface area (Å²) >= 11 is 0. The van der Waals surface area contributed by atoms with E-state index in [1.165, 1.54) is 32.1 Å². The van der Waals surface area contributed by atoms with Crippen LogP contribution in [0.25, 0.3) is 0 Å². The molecule has 0 radical (unpaired) electrons. The van der Waals surface area contributed by atoms with Crippen LogP contribution >= 0.6 is 0 Å². The van der Waals surface area contributed by atoms with Gasteiger partial charge in [0.05, 0.1) is 13.2 Å². The van der Waals surface area contributed by atoms with Crippen LogP contribution in [0.5, 0.6) is 11.5 Å². The van der Waals surface area contributed by atoms with Gasteiger partial charge in [0.15, 0.2) is 11.5 Å². The molecule has 0 bridgehead atoms. The van der Waals surface area contributed by atoms with Gasteiger partial charge in [0.2, 0.25) is 0 Å². The van der Waals surface area contributed by atoms with Crippen LogP contribution in [-0.2, 0) is 0 Å². The molecule has 2 aliphatic rings. The quantitative estimate of drug-likeness (QED) is 0.843. The summed E-state index contributed by atoms with van der Waals surface area (Å²) in [5, 5.41) is 5.94. The first kappa shape index (κ1) is 18.8. The molecule has 1 fully saturated rings. The van der Waals surface area contributed by atoms with Crippen molar-refractivity contribution in [1.29, 1.82) is 0 Å². The molecule has 0 saturated heterocycles. The highest BCUT2D eigenvalue weighted by atomic mass is 16.5. The van der Waals surface area contributed by atoms with Crippen LogP contribution in [0.4, 0.5) is 10.5 Å². The molecule has 6 heteroatoms. The van der Waals surface area contributed by atoms with Crippen LogP contribution in [-0.4, -0.2) is 50.8 Å². The maximum atomic E-state index is 12.3. The molecule has 1 atom stereocenters. The van der Waals surface area contributed by atoms with Gasteiger partial charge in [-0.3, -0.25) is 0 Å². The Labute approximate surface area is 156 Å². The monoisotopic (exact) mass is 361 g/mol. The number of carbonyl (C=O) groups is 1. The Kier molecular flexibility index (Phi) is 6.61. The lowest BCUT2D eigenvalue weighted by Gasteiger charge is -2.34. The number of likely N-dealkylation sites (N-methyl/N-ethyl adjacent to an activating group) is 1. The average molecular weight is 361 g/mol. The number of urea groups is 1. The summed E-state index contributed by atoms with van der Waals surface area (Å²) < 4.78 is 11.3. The highest BCUT2D eigenvalue weighted by Crippen LogP contribution is 2.32. The SMILES string of the molecule is CN(C)C(CNC(=O)Nc1ccc2c(c1)OCCCO2)C1CCCCC1. The van der Waals surface area contributed by atoms with Gasteiger partial charge >= 0.3 is 6.03 Å². The first-order chi connectivity index (χ1) is 12.6. The van der Waals surface area contributed by atoms with E-state index in [4.69, 9.17) is 9.47 Å². The fourth-order valence-corrected chi connectivity index (χ4v) is 3.90. The van der Waals surface area contributed by atoms with Crippen molar-refractivity contribution in [2.24, 2.45) is 5.92 Å². The number of rotatable bonds is 5. The van der Waals surface area contributed by atoms with E-state index < -0.39 is 0 Å². The standard InChI is InChI=1S/C20H31N3O3/c1-23(2)17(15-7-4-3-5-8-15)14-21-20(24)22-16-9-10-18-19(13-16)26-12-6-11-25-18/h9-10,13,15,17H,3-8,11-12,14H2,1-2H3,(H2,21,22,24). The normalized spacial score (nSPS) is 18.9. The highest BCUT2D eigenvalue weighted by Gasteiger charge is 2.25. The summed E-state index contributed by atoms with van der Waals surface area (Å²) in [6.07, 6.45) is 7.33. The van der Waals surface area contributed by atoms with Crippen LogP contribution in [0.15, 0.2) is 18.2 Å². The van der Waals surface area contributed by atoms with Gasteiger partial charge in [-0.05, 0) is 45.0 Å². The van der Waals surface area contributed by atoms with Crippen LogP contribution in [0.3, 0.4) is 0 Å². The van der Waals surface area contributed by atoms with Crippen molar-refractivity contribution in [3.63, 3.8) is 0 Å². The number of fused-ring (bicyclic) bond motifs is 1. The van der Waals surface area contributed by atoms with Crippen molar-refractivity contribution in [2.75, 3.05) is 39.2 Å². The molecule has 2 N–H and O–H groups in total. The van der Waals surface area contributed by atoms with Crippen molar-refractivity contribution in [2.45, 2.75) is 44.6 Å². The van der Waals surface area contributed by atoms with Gasteiger partial charge in [-0.25, -0.2) is 4.79 Å². The van der Waals surface area contributed by atoms with E-state index in [2.05, 4.69) is 29.6 Å². The molecule has 1 aromatic rings. The van der Waals surface area contributed by atoms with Crippen LogP contribution in [0.1, 0.15) is 38.5 Å². The first-order valence-electron chi connectivity index (χ1n) is 9.74. The molecule has 0 aromatic heterocycles. The summed E-state index contributed by atoms with van der Waals surface area (Å²) in [6, 6.07) is 5.72. The Bertz CT molecular complexity index is 600. The zero-order chi connectivity index (χ0) is 18.4. The molecular formula is C20H31N3O3. The van der Waals surface area contributed by atoms with E-state index in [1.54, 1.807) is 0 Å². The van der Waals surface area contributed by atoms with Crippen molar-refractivity contribution in [3.05, 3.63) is 18.2 Å². The Balaban J connectivity index is 1.53. The average Bonchev–Trinajstić information content (AvgIpc) is 2.87. The Morgan fingerprint density at radius 1 is 1.12 bits per heavy atom.